The molecule has 0 aliphatic heterocycles. The van der Waals surface area contributed by atoms with Gasteiger partial charge in [-0.1, -0.05) is 41.4 Å². The first-order chi connectivity index (χ1) is 15.5. The Hall–Kier alpha value is -2.31. The number of ether oxygens (including phenoxy) is 1. The van der Waals surface area contributed by atoms with E-state index in [9.17, 15) is 26.4 Å². The molecule has 0 aliphatic carbocycles. The molecule has 0 aliphatic rings. The van der Waals surface area contributed by atoms with E-state index < -0.39 is 35.2 Å². The minimum Gasteiger partial charge on any atom is -0.455 e. The molecule has 176 valence electrons. The van der Waals surface area contributed by atoms with Gasteiger partial charge in [-0.2, -0.15) is 13.2 Å². The van der Waals surface area contributed by atoms with Crippen LogP contribution in [-0.4, -0.2) is 33.6 Å². The van der Waals surface area contributed by atoms with Gasteiger partial charge in [0.1, 0.15) is 15.7 Å². The lowest BCUT2D eigenvalue weighted by Crippen LogP contribution is -2.41. The van der Waals surface area contributed by atoms with E-state index in [1.807, 2.05) is 0 Å². The van der Waals surface area contributed by atoms with Gasteiger partial charge in [0.2, 0.25) is 0 Å². The molecule has 33 heavy (non-hydrogen) atoms. The van der Waals surface area contributed by atoms with Crippen LogP contribution in [0.25, 0.3) is 11.1 Å². The maximum Gasteiger partial charge on any atom is 0.471 e. The first kappa shape index (κ1) is 25.3. The largest absolute Gasteiger partial charge is 0.471 e. The van der Waals surface area contributed by atoms with Gasteiger partial charge in [-0.15, -0.1) is 11.3 Å². The van der Waals surface area contributed by atoms with Gasteiger partial charge in [-0.25, -0.2) is 13.1 Å². The Morgan fingerprint density at radius 1 is 1.00 bits per heavy atom. The van der Waals surface area contributed by atoms with Crippen molar-refractivity contribution in [2.24, 2.45) is 0 Å². The molecule has 0 saturated carbocycles. The molecule has 0 bridgehead atoms. The van der Waals surface area contributed by atoms with Crippen molar-refractivity contribution in [3.63, 3.8) is 0 Å². The summed E-state index contributed by atoms with van der Waals surface area (Å²) in [6, 6.07) is 12.9. The number of alkyl halides is 3. The molecule has 0 fully saturated rings. The molecular formula is C20H15Cl2F3N2O4S2. The summed E-state index contributed by atoms with van der Waals surface area (Å²) in [5.74, 6) is -1.51. The average molecular weight is 539 g/mol. The lowest BCUT2D eigenvalue weighted by Gasteiger charge is -2.14. The summed E-state index contributed by atoms with van der Waals surface area (Å²) in [6.45, 7) is -0.965. The van der Waals surface area contributed by atoms with E-state index in [4.69, 9.17) is 27.9 Å². The number of hydrogen-bond donors (Lipinski definition) is 2. The van der Waals surface area contributed by atoms with Crippen molar-refractivity contribution in [2.45, 2.75) is 10.4 Å². The molecule has 2 aromatic carbocycles. The second-order valence-electron chi connectivity index (χ2n) is 6.45. The van der Waals surface area contributed by atoms with Crippen LogP contribution >= 0.6 is 34.5 Å². The summed E-state index contributed by atoms with van der Waals surface area (Å²) in [5, 5.41) is 3.84. The predicted octanol–water partition coefficient (Wildman–Crippen LogP) is 5.47. The molecular weight excluding hydrogens is 524 g/mol. The SMILES string of the molecule is O=C(NCCNS(=O)(=O)c1sccc1-c1ccccc1Oc1ccc(Cl)cc1Cl)C(F)(F)F. The molecule has 3 aromatic rings. The highest BCUT2D eigenvalue weighted by Crippen LogP contribution is 2.40. The highest BCUT2D eigenvalue weighted by atomic mass is 35.5. The number of para-hydroxylation sites is 1. The van der Waals surface area contributed by atoms with Crippen molar-refractivity contribution in [3.8, 4) is 22.6 Å². The fraction of sp³-hybridized carbons (Fsp3) is 0.150. The summed E-state index contributed by atoms with van der Waals surface area (Å²) in [5.41, 5.74) is 0.781. The lowest BCUT2D eigenvalue weighted by atomic mass is 10.1. The van der Waals surface area contributed by atoms with Crippen LogP contribution in [0.3, 0.4) is 0 Å². The van der Waals surface area contributed by atoms with Crippen molar-refractivity contribution in [2.75, 3.05) is 13.1 Å². The van der Waals surface area contributed by atoms with Crippen LogP contribution in [0.5, 0.6) is 11.5 Å². The molecule has 0 radical (unpaired) electrons. The topological polar surface area (TPSA) is 84.5 Å². The number of sulfonamides is 1. The van der Waals surface area contributed by atoms with Gasteiger partial charge in [0.25, 0.3) is 10.0 Å². The van der Waals surface area contributed by atoms with Crippen molar-refractivity contribution in [1.82, 2.24) is 10.0 Å². The maximum atomic E-state index is 12.8. The zero-order chi connectivity index (χ0) is 24.2. The number of rotatable bonds is 8. The number of nitrogens with one attached hydrogen (secondary N) is 2. The minimum absolute atomic E-state index is 0.0668. The van der Waals surface area contributed by atoms with Crippen LogP contribution in [0.4, 0.5) is 13.2 Å². The van der Waals surface area contributed by atoms with Crippen molar-refractivity contribution in [3.05, 3.63) is 64.0 Å². The maximum absolute atomic E-state index is 12.8. The zero-order valence-corrected chi connectivity index (χ0v) is 19.6. The Labute approximate surface area is 201 Å². The van der Waals surface area contributed by atoms with Gasteiger partial charge in [-0.3, -0.25) is 4.79 Å². The lowest BCUT2D eigenvalue weighted by molar-refractivity contribution is -0.173. The third kappa shape index (κ3) is 6.39. The van der Waals surface area contributed by atoms with E-state index in [-0.39, 0.29) is 9.23 Å². The summed E-state index contributed by atoms with van der Waals surface area (Å²) >= 11 is 13.0. The number of carbonyl (C=O) groups excluding carboxylic acids is 1. The Kier molecular flexibility index (Phi) is 7.91. The smallest absolute Gasteiger partial charge is 0.455 e. The number of thiophene rings is 1. The fourth-order valence-corrected chi connectivity index (χ4v) is 5.58. The van der Waals surface area contributed by atoms with Gasteiger partial charge in [0.15, 0.2) is 0 Å². The van der Waals surface area contributed by atoms with Gasteiger partial charge >= 0.3 is 12.1 Å². The molecule has 6 nitrogen and oxygen atoms in total. The molecule has 1 aromatic heterocycles. The highest BCUT2D eigenvalue weighted by Gasteiger charge is 2.38. The number of halogens is 5. The van der Waals surface area contributed by atoms with E-state index in [1.165, 1.54) is 6.07 Å². The molecule has 0 unspecified atom stereocenters. The second kappa shape index (κ2) is 10.3. The summed E-state index contributed by atoms with van der Waals surface area (Å²) in [6.07, 6.45) is -5.05. The van der Waals surface area contributed by atoms with E-state index in [0.29, 0.717) is 27.6 Å². The zero-order valence-electron chi connectivity index (χ0n) is 16.4. The number of amides is 1. The van der Waals surface area contributed by atoms with E-state index in [1.54, 1.807) is 53.2 Å². The van der Waals surface area contributed by atoms with E-state index >= 15 is 0 Å². The number of benzene rings is 2. The van der Waals surface area contributed by atoms with Crippen molar-refractivity contribution in [1.29, 1.82) is 0 Å². The molecule has 3 rings (SSSR count). The summed E-state index contributed by atoms with van der Waals surface area (Å²) < 4.78 is 70.3. The van der Waals surface area contributed by atoms with Crippen molar-refractivity contribution < 1.29 is 31.1 Å². The average Bonchev–Trinajstić information content (AvgIpc) is 3.23. The van der Waals surface area contributed by atoms with Crippen LogP contribution in [0, 0.1) is 0 Å². The fourth-order valence-electron chi connectivity index (χ4n) is 2.69. The summed E-state index contributed by atoms with van der Waals surface area (Å²) in [7, 11) is -4.10. The second-order valence-corrected chi connectivity index (χ2v) is 10.2. The third-order valence-electron chi connectivity index (χ3n) is 4.12. The first-order valence-corrected chi connectivity index (χ1v) is 12.3. The summed E-state index contributed by atoms with van der Waals surface area (Å²) in [4.78, 5) is 10.8. The Balaban J connectivity index is 1.81. The molecule has 0 saturated heterocycles. The number of hydrogen-bond acceptors (Lipinski definition) is 5. The third-order valence-corrected chi connectivity index (χ3v) is 7.60. The quantitative estimate of drug-likeness (QED) is 0.372. The van der Waals surface area contributed by atoms with Crippen LogP contribution in [0.2, 0.25) is 10.0 Å². The molecule has 2 N–H and O–H groups in total. The minimum atomic E-state index is -5.05. The molecule has 0 atom stereocenters. The van der Waals surface area contributed by atoms with Crippen LogP contribution in [0.15, 0.2) is 58.1 Å². The van der Waals surface area contributed by atoms with Gasteiger partial charge in [0, 0.05) is 29.2 Å². The van der Waals surface area contributed by atoms with E-state index in [0.717, 1.165) is 11.3 Å². The molecule has 1 amide bonds. The molecule has 1 heterocycles. The Morgan fingerprint density at radius 3 is 2.42 bits per heavy atom. The van der Waals surface area contributed by atoms with Gasteiger partial charge in [-0.05, 0) is 35.7 Å². The van der Waals surface area contributed by atoms with E-state index in [2.05, 4.69) is 4.72 Å². The van der Waals surface area contributed by atoms with Crippen LogP contribution in [-0.2, 0) is 14.8 Å². The Bertz CT molecular complexity index is 1260. The van der Waals surface area contributed by atoms with Gasteiger partial charge < -0.3 is 10.1 Å². The van der Waals surface area contributed by atoms with Crippen LogP contribution < -0.4 is 14.8 Å². The molecule has 0 spiro atoms. The number of carbonyl (C=O) groups is 1. The van der Waals surface area contributed by atoms with Crippen LogP contribution in [0.1, 0.15) is 0 Å². The highest BCUT2D eigenvalue weighted by molar-refractivity contribution is 7.91. The van der Waals surface area contributed by atoms with Crippen molar-refractivity contribution >= 4 is 50.5 Å². The first-order valence-electron chi connectivity index (χ1n) is 9.13. The van der Waals surface area contributed by atoms with Gasteiger partial charge in [0.05, 0.1) is 5.02 Å². The molecule has 13 heteroatoms. The Morgan fingerprint density at radius 2 is 1.73 bits per heavy atom. The normalized spacial score (nSPS) is 11.9. The predicted molar refractivity (Wildman–Crippen MR) is 121 cm³/mol. The standard InChI is InChI=1S/C20H15Cl2F3N2O4S2/c21-12-5-6-17(15(22)11-12)31-16-4-2-1-3-13(16)14-7-10-32-18(14)33(29,30)27-9-8-26-19(28)20(23,24)25/h1-7,10-11,27H,8-9H2,(H,26,28). The monoisotopic (exact) mass is 538 g/mol.